The third-order valence-corrected chi connectivity index (χ3v) is 3.10. The number of nitrogens with zero attached hydrogens (tertiary/aromatic N) is 1. The summed E-state index contributed by atoms with van der Waals surface area (Å²) in [4.78, 5) is 0. The summed E-state index contributed by atoms with van der Waals surface area (Å²) >= 11 is 0. The largest absolute Gasteiger partial charge is 0.508 e. The molecule has 0 fully saturated rings. The summed E-state index contributed by atoms with van der Waals surface area (Å²) in [6.45, 7) is 2.95. The normalized spacial score (nSPS) is 12.6. The molecule has 2 rings (SSSR count). The van der Waals surface area contributed by atoms with Crippen molar-refractivity contribution in [1.29, 1.82) is 0 Å². The van der Waals surface area contributed by atoms with Gasteiger partial charge in [0.2, 0.25) is 0 Å². The zero-order valence-corrected chi connectivity index (χ0v) is 10.7. The minimum Gasteiger partial charge on any atom is -0.508 e. The molecule has 3 nitrogen and oxygen atoms in total. The van der Waals surface area contributed by atoms with Crippen molar-refractivity contribution in [3.63, 3.8) is 0 Å². The lowest BCUT2D eigenvalue weighted by atomic mass is 10.1. The van der Waals surface area contributed by atoms with Crippen LogP contribution in [-0.2, 0) is 6.54 Å². The van der Waals surface area contributed by atoms with Crippen molar-refractivity contribution in [3.8, 4) is 5.75 Å². The molecule has 1 atom stereocenters. The minimum atomic E-state index is 0.135. The lowest BCUT2D eigenvalue weighted by molar-refractivity contribution is 0.475. The molecule has 0 aliphatic carbocycles. The molecule has 0 amide bonds. The Morgan fingerprint density at radius 2 is 1.94 bits per heavy atom. The Bertz CT molecular complexity index is 487. The van der Waals surface area contributed by atoms with Gasteiger partial charge in [-0.2, -0.15) is 0 Å². The molecule has 0 aliphatic heterocycles. The quantitative estimate of drug-likeness (QED) is 0.849. The van der Waals surface area contributed by atoms with E-state index in [2.05, 4.69) is 30.0 Å². The smallest absolute Gasteiger partial charge is 0.115 e. The monoisotopic (exact) mass is 244 g/mol. The Morgan fingerprint density at radius 1 is 1.22 bits per heavy atom. The van der Waals surface area contributed by atoms with Crippen LogP contribution in [0.25, 0.3) is 0 Å². The Balaban J connectivity index is 2.04. The second-order valence-electron chi connectivity index (χ2n) is 4.68. The van der Waals surface area contributed by atoms with Crippen molar-refractivity contribution in [2.24, 2.45) is 5.73 Å². The molecule has 0 saturated heterocycles. The van der Waals surface area contributed by atoms with Gasteiger partial charge in [0.1, 0.15) is 5.75 Å². The van der Waals surface area contributed by atoms with E-state index < -0.39 is 0 Å². The average molecular weight is 244 g/mol. The number of benzene rings is 1. The topological polar surface area (TPSA) is 51.2 Å². The van der Waals surface area contributed by atoms with Crippen LogP contribution in [0.2, 0.25) is 0 Å². The fourth-order valence-electron chi connectivity index (χ4n) is 2.07. The summed E-state index contributed by atoms with van der Waals surface area (Å²) in [5.74, 6) is 0.303. The summed E-state index contributed by atoms with van der Waals surface area (Å²) < 4.78 is 2.12. The van der Waals surface area contributed by atoms with Crippen LogP contribution < -0.4 is 5.73 Å². The number of nitrogens with two attached hydrogens (primary N) is 1. The molecule has 3 N–H and O–H groups in total. The molecular formula is C15H20N2O. The maximum Gasteiger partial charge on any atom is 0.115 e. The van der Waals surface area contributed by atoms with Gasteiger partial charge in [0.25, 0.3) is 0 Å². The van der Waals surface area contributed by atoms with Crippen LogP contribution in [0.3, 0.4) is 0 Å². The third-order valence-electron chi connectivity index (χ3n) is 3.10. The zero-order valence-electron chi connectivity index (χ0n) is 10.7. The second-order valence-corrected chi connectivity index (χ2v) is 4.68. The summed E-state index contributed by atoms with van der Waals surface area (Å²) in [5.41, 5.74) is 8.44. The van der Waals surface area contributed by atoms with Crippen LogP contribution in [0.4, 0.5) is 0 Å². The van der Waals surface area contributed by atoms with Crippen molar-refractivity contribution in [1.82, 2.24) is 4.57 Å². The highest BCUT2D eigenvalue weighted by molar-refractivity contribution is 5.26. The summed E-state index contributed by atoms with van der Waals surface area (Å²) in [7, 11) is 0. The molecule has 2 aromatic rings. The van der Waals surface area contributed by atoms with Crippen molar-refractivity contribution >= 4 is 0 Å². The number of hydrogen-bond acceptors (Lipinski definition) is 2. The van der Waals surface area contributed by atoms with Gasteiger partial charge in [0, 0.05) is 25.0 Å². The third kappa shape index (κ3) is 3.14. The van der Waals surface area contributed by atoms with Crippen LogP contribution in [0, 0.1) is 0 Å². The molecule has 1 aromatic heterocycles. The fourth-order valence-corrected chi connectivity index (χ4v) is 2.07. The molecule has 1 heterocycles. The van der Waals surface area contributed by atoms with Gasteiger partial charge in [-0.15, -0.1) is 0 Å². The van der Waals surface area contributed by atoms with E-state index in [0.29, 0.717) is 5.75 Å². The highest BCUT2D eigenvalue weighted by atomic mass is 16.3. The van der Waals surface area contributed by atoms with Gasteiger partial charge >= 0.3 is 0 Å². The van der Waals surface area contributed by atoms with Crippen LogP contribution in [0.5, 0.6) is 5.75 Å². The molecule has 1 unspecified atom stereocenters. The fraction of sp³-hybridized carbons (Fsp3) is 0.333. The van der Waals surface area contributed by atoms with Crippen molar-refractivity contribution in [2.45, 2.75) is 32.4 Å². The molecule has 0 spiro atoms. The predicted molar refractivity (Wildman–Crippen MR) is 73.5 cm³/mol. The molecule has 0 aliphatic rings. The van der Waals surface area contributed by atoms with E-state index in [4.69, 9.17) is 5.73 Å². The van der Waals surface area contributed by atoms with Gasteiger partial charge in [-0.1, -0.05) is 25.5 Å². The molecular weight excluding hydrogens is 224 g/mol. The summed E-state index contributed by atoms with van der Waals surface area (Å²) in [6, 6.07) is 9.50. The van der Waals surface area contributed by atoms with E-state index in [1.165, 1.54) is 11.1 Å². The summed E-state index contributed by atoms with van der Waals surface area (Å²) in [6.07, 6.45) is 6.28. The highest BCUT2D eigenvalue weighted by Gasteiger charge is 2.06. The lowest BCUT2D eigenvalue weighted by Crippen LogP contribution is -2.08. The number of rotatable bonds is 5. The molecule has 0 bridgehead atoms. The van der Waals surface area contributed by atoms with Gasteiger partial charge in [-0.3, -0.25) is 0 Å². The Hall–Kier alpha value is -1.74. The van der Waals surface area contributed by atoms with E-state index in [1.54, 1.807) is 12.1 Å². The zero-order chi connectivity index (χ0) is 13.0. The Labute approximate surface area is 108 Å². The van der Waals surface area contributed by atoms with E-state index in [0.717, 1.165) is 19.4 Å². The second kappa shape index (κ2) is 5.74. The maximum absolute atomic E-state index is 9.24. The van der Waals surface area contributed by atoms with E-state index >= 15 is 0 Å². The molecule has 0 saturated carbocycles. The number of phenolic OH excluding ortho intramolecular Hbond substituents is 1. The Morgan fingerprint density at radius 3 is 2.61 bits per heavy atom. The molecule has 18 heavy (non-hydrogen) atoms. The maximum atomic E-state index is 9.24. The van der Waals surface area contributed by atoms with E-state index in [-0.39, 0.29) is 6.04 Å². The predicted octanol–water partition coefficient (Wildman–Crippen LogP) is 3.04. The van der Waals surface area contributed by atoms with E-state index in [1.807, 2.05) is 12.1 Å². The molecule has 3 heteroatoms. The summed E-state index contributed by atoms with van der Waals surface area (Å²) in [5, 5.41) is 9.24. The van der Waals surface area contributed by atoms with Crippen molar-refractivity contribution in [3.05, 3.63) is 53.9 Å². The van der Waals surface area contributed by atoms with Crippen LogP contribution in [0.15, 0.2) is 42.7 Å². The van der Waals surface area contributed by atoms with Crippen LogP contribution in [0.1, 0.15) is 36.9 Å². The van der Waals surface area contributed by atoms with Crippen LogP contribution in [-0.4, -0.2) is 9.67 Å². The first kappa shape index (κ1) is 12.7. The SMILES string of the molecule is CCCC(N)c1ccn(Cc2ccc(O)cc2)c1. The van der Waals surface area contributed by atoms with E-state index in [9.17, 15) is 5.11 Å². The van der Waals surface area contributed by atoms with Crippen molar-refractivity contribution in [2.75, 3.05) is 0 Å². The van der Waals surface area contributed by atoms with Gasteiger partial charge < -0.3 is 15.4 Å². The first-order valence-electron chi connectivity index (χ1n) is 6.38. The minimum absolute atomic E-state index is 0.135. The number of phenols is 1. The molecule has 96 valence electrons. The number of hydrogen-bond donors (Lipinski definition) is 2. The van der Waals surface area contributed by atoms with Crippen LogP contribution >= 0.6 is 0 Å². The Kier molecular flexibility index (Phi) is 4.05. The number of aromatic hydroxyl groups is 1. The van der Waals surface area contributed by atoms with Gasteiger partial charge in [-0.05, 0) is 35.7 Å². The molecule has 1 aromatic carbocycles. The highest BCUT2D eigenvalue weighted by Crippen LogP contribution is 2.17. The lowest BCUT2D eigenvalue weighted by Gasteiger charge is -2.07. The van der Waals surface area contributed by atoms with Gasteiger partial charge in [0.15, 0.2) is 0 Å². The van der Waals surface area contributed by atoms with Gasteiger partial charge in [-0.25, -0.2) is 0 Å². The van der Waals surface area contributed by atoms with Crippen molar-refractivity contribution < 1.29 is 5.11 Å². The standard InChI is InChI=1S/C15H20N2O/c1-2-3-15(16)13-8-9-17(11-13)10-12-4-6-14(18)7-5-12/h4-9,11,15,18H,2-3,10,16H2,1H3. The first-order chi connectivity index (χ1) is 8.69. The molecule has 0 radical (unpaired) electrons. The number of aromatic nitrogens is 1. The first-order valence-corrected chi connectivity index (χ1v) is 6.38. The average Bonchev–Trinajstić information content (AvgIpc) is 2.81. The van der Waals surface area contributed by atoms with Gasteiger partial charge in [0.05, 0.1) is 0 Å².